The molecule has 11 nitrogen and oxygen atoms in total. The summed E-state index contributed by atoms with van der Waals surface area (Å²) in [5.74, 6) is 6.12. The van der Waals surface area contributed by atoms with E-state index in [2.05, 4.69) is 32.3 Å². The normalized spacial score (nSPS) is 18.0. The third-order valence-electron chi connectivity index (χ3n) is 8.77. The van der Waals surface area contributed by atoms with E-state index in [1.807, 2.05) is 13.1 Å². The number of hydrogen-bond donors (Lipinski definition) is 4. The predicted octanol–water partition coefficient (Wildman–Crippen LogP) is 2.84. The van der Waals surface area contributed by atoms with Crippen LogP contribution in [-0.4, -0.2) is 129 Å². The fraction of sp³-hybridized carbons (Fsp3) is 0.515. The number of piperidine rings is 1. The smallest absolute Gasteiger partial charge is 0.406 e. The van der Waals surface area contributed by atoms with Crippen molar-refractivity contribution in [2.24, 2.45) is 0 Å². The van der Waals surface area contributed by atoms with E-state index >= 15 is 0 Å². The number of likely N-dealkylation sites (N-methyl/N-ethyl adjacent to an activating group) is 1. The Labute approximate surface area is 279 Å². The number of hydrogen-bond acceptors (Lipinski definition) is 9. The van der Waals surface area contributed by atoms with Gasteiger partial charge < -0.3 is 40.0 Å². The molecule has 1 atom stereocenters. The number of piperazine rings is 1. The van der Waals surface area contributed by atoms with Crippen LogP contribution in [0.2, 0.25) is 0 Å². The summed E-state index contributed by atoms with van der Waals surface area (Å²) in [5, 5.41) is 26.1. The lowest BCUT2D eigenvalue weighted by Crippen LogP contribution is -2.47. The van der Waals surface area contributed by atoms with E-state index in [9.17, 15) is 26.7 Å². The molecule has 1 aromatic heterocycles. The van der Waals surface area contributed by atoms with E-state index in [1.54, 1.807) is 24.3 Å². The summed E-state index contributed by atoms with van der Waals surface area (Å²) in [7, 11) is -0.315. The molecular weight excluding hydrogens is 649 g/mol. The van der Waals surface area contributed by atoms with Crippen molar-refractivity contribution in [1.82, 2.24) is 18.7 Å². The first-order valence-electron chi connectivity index (χ1n) is 15.9. The zero-order chi connectivity index (χ0) is 34.5. The topological polar surface area (TPSA) is 123 Å². The maximum atomic E-state index is 13.7. The summed E-state index contributed by atoms with van der Waals surface area (Å²) in [5.41, 5.74) is 1.85. The Bertz CT molecular complexity index is 1720. The lowest BCUT2D eigenvalue weighted by atomic mass is 10.0. The van der Waals surface area contributed by atoms with Gasteiger partial charge in [-0.05, 0) is 56.1 Å². The van der Waals surface area contributed by atoms with Crippen LogP contribution in [0.5, 0.6) is 5.75 Å². The van der Waals surface area contributed by atoms with Crippen LogP contribution < -0.4 is 15.4 Å². The first kappa shape index (κ1) is 35.8. The second kappa shape index (κ2) is 15.4. The van der Waals surface area contributed by atoms with E-state index in [-0.39, 0.29) is 29.8 Å². The first-order chi connectivity index (χ1) is 22.9. The average molecular weight is 693 g/mol. The van der Waals surface area contributed by atoms with Gasteiger partial charge in [-0.1, -0.05) is 12.0 Å². The van der Waals surface area contributed by atoms with Crippen molar-refractivity contribution >= 4 is 32.3 Å². The highest BCUT2D eigenvalue weighted by Gasteiger charge is 2.31. The molecule has 2 aliphatic heterocycles. The van der Waals surface area contributed by atoms with Crippen molar-refractivity contribution in [3.05, 3.63) is 48.2 Å². The predicted molar refractivity (Wildman–Crippen MR) is 179 cm³/mol. The van der Waals surface area contributed by atoms with Crippen molar-refractivity contribution in [1.29, 1.82) is 0 Å². The Morgan fingerprint density at radius 2 is 1.77 bits per heavy atom. The molecule has 262 valence electrons. The van der Waals surface area contributed by atoms with Crippen LogP contribution >= 0.6 is 0 Å². The number of nitrogens with one attached hydrogen (secondary N) is 2. The third-order valence-corrected chi connectivity index (χ3v) is 10.7. The maximum Gasteiger partial charge on any atom is 0.406 e. The number of β-amino-alcohol motifs (C(OH)–C–C–N with tert-alkyl or cyclic N) is 1. The van der Waals surface area contributed by atoms with Crippen molar-refractivity contribution in [3.8, 4) is 17.6 Å². The van der Waals surface area contributed by atoms with Gasteiger partial charge in [0.1, 0.15) is 12.3 Å². The molecule has 48 heavy (non-hydrogen) atoms. The van der Waals surface area contributed by atoms with Gasteiger partial charge >= 0.3 is 6.18 Å². The molecule has 0 spiro atoms. The van der Waals surface area contributed by atoms with E-state index in [1.165, 1.54) is 28.1 Å². The number of sulfonamides is 1. The van der Waals surface area contributed by atoms with Crippen molar-refractivity contribution in [3.63, 3.8) is 0 Å². The van der Waals surface area contributed by atoms with Gasteiger partial charge in [0.05, 0.1) is 48.2 Å². The maximum absolute atomic E-state index is 13.7. The molecule has 15 heteroatoms. The highest BCUT2D eigenvalue weighted by molar-refractivity contribution is 7.89. The number of alkyl halides is 3. The number of halogens is 3. The average Bonchev–Trinajstić information content (AvgIpc) is 3.40. The summed E-state index contributed by atoms with van der Waals surface area (Å²) in [4.78, 5) is 4.27. The fourth-order valence-electron chi connectivity index (χ4n) is 6.13. The van der Waals surface area contributed by atoms with Crippen LogP contribution in [0, 0.1) is 11.8 Å². The zero-order valence-corrected chi connectivity index (χ0v) is 27.9. The van der Waals surface area contributed by atoms with Crippen LogP contribution in [0.4, 0.5) is 24.5 Å². The van der Waals surface area contributed by atoms with Crippen LogP contribution in [0.3, 0.4) is 0 Å². The molecule has 0 saturated carbocycles. The number of anilines is 2. The molecule has 1 unspecified atom stereocenters. The second-order valence-corrected chi connectivity index (χ2v) is 14.2. The number of aliphatic hydroxyl groups excluding tert-OH is 2. The summed E-state index contributed by atoms with van der Waals surface area (Å²) in [6, 6.07) is 11.6. The number of likely N-dealkylation sites (tertiary alicyclic amines) is 1. The number of aromatic nitrogens is 1. The minimum Gasteiger partial charge on any atom is -0.495 e. The van der Waals surface area contributed by atoms with Crippen LogP contribution in [-0.2, 0) is 16.6 Å². The molecule has 2 fully saturated rings. The SMILES string of the molecule is COc1cc(S(=O)(=O)N2CCN(C)CC2)ccc1NCC#Cc1cc2c(NC3CCN(CC(O)CO)CC3)cccc2n1CC(F)(F)F. The van der Waals surface area contributed by atoms with E-state index < -0.39 is 28.8 Å². The largest absolute Gasteiger partial charge is 0.495 e. The minimum atomic E-state index is -4.46. The molecule has 2 aromatic carbocycles. The zero-order valence-electron chi connectivity index (χ0n) is 27.1. The summed E-state index contributed by atoms with van der Waals surface area (Å²) >= 11 is 0. The fourth-order valence-corrected chi connectivity index (χ4v) is 7.57. The molecule has 3 heterocycles. The Hall–Kier alpha value is -3.52. The Morgan fingerprint density at radius 3 is 2.44 bits per heavy atom. The number of rotatable bonds is 11. The quantitative estimate of drug-likeness (QED) is 0.225. The van der Waals surface area contributed by atoms with Crippen molar-refractivity contribution < 1.29 is 36.5 Å². The molecule has 0 bridgehead atoms. The molecular formula is C33H43F3N6O5S. The number of ether oxygens (including phenoxy) is 1. The van der Waals surface area contributed by atoms with Gasteiger partial charge in [-0.15, -0.1) is 0 Å². The highest BCUT2D eigenvalue weighted by Crippen LogP contribution is 2.32. The van der Waals surface area contributed by atoms with Crippen LogP contribution in [0.25, 0.3) is 10.9 Å². The number of benzene rings is 2. The standard InChI is InChI=1S/C33H43F3N6O5S/c1-39-15-17-41(18-16-39)48(45,46)27-8-9-30(32(20-27)47-2)37-12-4-5-25-19-28-29(6-3-7-31(28)42(25)23-33(34,35)36)38-24-10-13-40(14-11-24)21-26(44)22-43/h3,6-9,19-20,24,26,37-38,43-44H,10-18,21-23H2,1-2H3. The molecule has 0 amide bonds. The molecule has 2 saturated heterocycles. The molecule has 0 aliphatic carbocycles. The Balaban J connectivity index is 1.31. The molecule has 5 rings (SSSR count). The van der Waals surface area contributed by atoms with Crippen molar-refractivity contribution in [2.75, 3.05) is 83.8 Å². The van der Waals surface area contributed by atoms with Gasteiger partial charge in [0.15, 0.2) is 0 Å². The number of methoxy groups -OCH3 is 1. The van der Waals surface area contributed by atoms with Gasteiger partial charge in [-0.2, -0.15) is 17.5 Å². The molecule has 3 aromatic rings. The summed E-state index contributed by atoms with van der Waals surface area (Å²) in [6.45, 7) is 2.52. The number of fused-ring (bicyclic) bond motifs is 1. The van der Waals surface area contributed by atoms with Crippen LogP contribution in [0.15, 0.2) is 47.4 Å². The van der Waals surface area contributed by atoms with Gasteiger partial charge in [0, 0.05) is 69.0 Å². The van der Waals surface area contributed by atoms with E-state index in [4.69, 9.17) is 9.84 Å². The molecule has 0 radical (unpaired) electrons. The lowest BCUT2D eigenvalue weighted by molar-refractivity contribution is -0.140. The van der Waals surface area contributed by atoms with Gasteiger partial charge in [0.25, 0.3) is 0 Å². The van der Waals surface area contributed by atoms with E-state index in [0.29, 0.717) is 55.1 Å². The third kappa shape index (κ3) is 8.73. The molecule has 2 aliphatic rings. The summed E-state index contributed by atoms with van der Waals surface area (Å²) < 4.78 is 75.6. The monoisotopic (exact) mass is 692 g/mol. The van der Waals surface area contributed by atoms with Gasteiger partial charge in [-0.25, -0.2) is 8.42 Å². The van der Waals surface area contributed by atoms with Crippen molar-refractivity contribution in [2.45, 2.75) is 42.6 Å². The van der Waals surface area contributed by atoms with Gasteiger partial charge in [-0.3, -0.25) is 0 Å². The summed E-state index contributed by atoms with van der Waals surface area (Å²) in [6.07, 6.45) is -3.69. The van der Waals surface area contributed by atoms with Crippen LogP contribution in [0.1, 0.15) is 18.5 Å². The Kier molecular flexibility index (Phi) is 11.4. The highest BCUT2D eigenvalue weighted by atomic mass is 32.2. The second-order valence-electron chi connectivity index (χ2n) is 12.2. The molecule has 4 N–H and O–H groups in total. The Morgan fingerprint density at radius 1 is 1.04 bits per heavy atom. The minimum absolute atomic E-state index is 0.0725. The van der Waals surface area contributed by atoms with E-state index in [0.717, 1.165) is 31.6 Å². The van der Waals surface area contributed by atoms with Gasteiger partial charge in [0.2, 0.25) is 10.0 Å². The number of nitrogens with zero attached hydrogens (tertiary/aromatic N) is 4. The first-order valence-corrected chi connectivity index (χ1v) is 17.4. The number of aliphatic hydroxyl groups is 2. The lowest BCUT2D eigenvalue weighted by Gasteiger charge is -2.33.